The summed E-state index contributed by atoms with van der Waals surface area (Å²) in [6.45, 7) is 1.32. The first-order valence-corrected chi connectivity index (χ1v) is 9.77. The smallest absolute Gasteiger partial charge is 0.310 e. The van der Waals surface area contributed by atoms with Gasteiger partial charge in [0, 0.05) is 17.8 Å². The lowest BCUT2D eigenvalue weighted by Crippen LogP contribution is -2.25. The largest absolute Gasteiger partial charge is 0.490 e. The molecule has 1 fully saturated rings. The monoisotopic (exact) mass is 424 g/mol. The highest BCUT2D eigenvalue weighted by Gasteiger charge is 2.24. The van der Waals surface area contributed by atoms with Crippen molar-refractivity contribution in [3.05, 3.63) is 59.2 Å². The lowest BCUT2D eigenvalue weighted by Gasteiger charge is -2.17. The van der Waals surface area contributed by atoms with Crippen molar-refractivity contribution in [1.82, 2.24) is 0 Å². The molecule has 1 aliphatic heterocycles. The second-order valence-corrected chi connectivity index (χ2v) is 7.06. The Labute approximate surface area is 180 Å². The topological polar surface area (TPSA) is 98.1 Å². The molecule has 0 N–H and O–H groups in total. The number of methoxy groups -OCH3 is 2. The number of ether oxygens (including phenoxy) is 4. The molecule has 8 heteroatoms. The molecule has 3 rings (SSSR count). The van der Waals surface area contributed by atoms with Gasteiger partial charge in [-0.1, -0.05) is 12.1 Å². The maximum atomic E-state index is 11.7. The molecule has 1 aliphatic rings. The zero-order valence-corrected chi connectivity index (χ0v) is 17.5. The van der Waals surface area contributed by atoms with Gasteiger partial charge in [-0.3, -0.25) is 9.59 Å². The van der Waals surface area contributed by atoms with E-state index in [1.165, 1.54) is 14.2 Å². The van der Waals surface area contributed by atoms with Crippen molar-refractivity contribution in [1.29, 1.82) is 5.26 Å². The van der Waals surface area contributed by atoms with Crippen LogP contribution in [0.2, 0.25) is 0 Å². The number of benzene rings is 2. The van der Waals surface area contributed by atoms with Gasteiger partial charge in [0.1, 0.15) is 25.2 Å². The van der Waals surface area contributed by atoms with E-state index in [4.69, 9.17) is 24.2 Å². The average Bonchev–Trinajstić information content (AvgIpc) is 3.28. The van der Waals surface area contributed by atoms with E-state index in [0.717, 1.165) is 11.3 Å². The molecule has 0 radical (unpaired) electrons. The molecule has 1 saturated heterocycles. The van der Waals surface area contributed by atoms with Crippen LogP contribution < -0.4 is 9.64 Å². The quantitative estimate of drug-likeness (QED) is 0.595. The summed E-state index contributed by atoms with van der Waals surface area (Å²) in [4.78, 5) is 25.4. The number of anilines is 1. The molecule has 0 bridgehead atoms. The number of rotatable bonds is 8. The predicted octanol–water partition coefficient (Wildman–Crippen LogP) is 2.23. The molecule has 0 aliphatic carbocycles. The summed E-state index contributed by atoms with van der Waals surface area (Å²) in [7, 11) is 2.67. The van der Waals surface area contributed by atoms with E-state index >= 15 is 0 Å². The summed E-state index contributed by atoms with van der Waals surface area (Å²) in [5.74, 6) is -0.231. The summed E-state index contributed by atoms with van der Waals surface area (Å²) in [5, 5.41) is 8.93. The van der Waals surface area contributed by atoms with Gasteiger partial charge in [0.05, 0.1) is 38.7 Å². The summed E-state index contributed by atoms with van der Waals surface area (Å²) in [5.41, 5.74) is 2.96. The van der Waals surface area contributed by atoms with Crippen molar-refractivity contribution in [2.45, 2.75) is 18.9 Å². The van der Waals surface area contributed by atoms with Crippen LogP contribution in [0, 0.1) is 11.3 Å². The summed E-state index contributed by atoms with van der Waals surface area (Å²) in [6, 6.07) is 14.7. The minimum Gasteiger partial charge on any atom is -0.490 e. The number of carbonyl (C=O) groups is 2. The molecule has 0 aromatic heterocycles. The zero-order chi connectivity index (χ0) is 22.2. The standard InChI is InChI=1S/C23H24N2O6/c1-28-22(26)10-17-3-6-18(11-23(27)29-2)21(9-17)30-14-20-13-25(15-31-20)19-7-4-16(12-24)5-8-19/h3-9,20H,10-11,13-15H2,1-2H3. The van der Waals surface area contributed by atoms with Crippen LogP contribution in [-0.4, -0.2) is 52.1 Å². The van der Waals surface area contributed by atoms with Crippen molar-refractivity contribution in [2.24, 2.45) is 0 Å². The van der Waals surface area contributed by atoms with Gasteiger partial charge in [0.15, 0.2) is 0 Å². The van der Waals surface area contributed by atoms with Crippen molar-refractivity contribution in [2.75, 3.05) is 39.0 Å². The number of nitriles is 1. The van der Waals surface area contributed by atoms with E-state index in [1.807, 2.05) is 12.1 Å². The first-order valence-electron chi connectivity index (χ1n) is 9.77. The highest BCUT2D eigenvalue weighted by Crippen LogP contribution is 2.25. The minimum atomic E-state index is -0.380. The number of esters is 2. The molecule has 8 nitrogen and oxygen atoms in total. The molecule has 2 aromatic carbocycles. The maximum Gasteiger partial charge on any atom is 0.310 e. The van der Waals surface area contributed by atoms with Gasteiger partial charge < -0.3 is 23.8 Å². The van der Waals surface area contributed by atoms with Crippen molar-refractivity contribution in [3.8, 4) is 11.8 Å². The number of hydrogen-bond acceptors (Lipinski definition) is 8. The van der Waals surface area contributed by atoms with E-state index in [0.29, 0.717) is 30.2 Å². The molecular weight excluding hydrogens is 400 g/mol. The first kappa shape index (κ1) is 22.1. The molecule has 0 amide bonds. The summed E-state index contributed by atoms with van der Waals surface area (Å²) >= 11 is 0. The Kier molecular flexibility index (Phi) is 7.46. The van der Waals surface area contributed by atoms with Gasteiger partial charge in [-0.25, -0.2) is 0 Å². The van der Waals surface area contributed by atoms with E-state index in [9.17, 15) is 9.59 Å². The van der Waals surface area contributed by atoms with Crippen LogP contribution >= 0.6 is 0 Å². The Balaban J connectivity index is 1.66. The third-order valence-corrected chi connectivity index (χ3v) is 4.95. The Morgan fingerprint density at radius 3 is 2.48 bits per heavy atom. The van der Waals surface area contributed by atoms with Gasteiger partial charge in [-0.15, -0.1) is 0 Å². The van der Waals surface area contributed by atoms with Crippen molar-refractivity contribution < 1.29 is 28.5 Å². The molecular formula is C23H24N2O6. The highest BCUT2D eigenvalue weighted by molar-refractivity contribution is 5.75. The molecule has 1 heterocycles. The third-order valence-electron chi connectivity index (χ3n) is 4.95. The SMILES string of the molecule is COC(=O)Cc1ccc(CC(=O)OC)c(OCC2CN(c3ccc(C#N)cc3)CO2)c1. The van der Waals surface area contributed by atoms with Crippen LogP contribution in [-0.2, 0) is 36.6 Å². The normalized spacial score (nSPS) is 15.3. The number of nitrogens with zero attached hydrogens (tertiary/aromatic N) is 2. The summed E-state index contributed by atoms with van der Waals surface area (Å²) < 4.78 is 21.3. The van der Waals surface area contributed by atoms with E-state index in [1.54, 1.807) is 30.3 Å². The fourth-order valence-electron chi connectivity index (χ4n) is 3.21. The van der Waals surface area contributed by atoms with Crippen LogP contribution in [0.15, 0.2) is 42.5 Å². The van der Waals surface area contributed by atoms with E-state index < -0.39 is 0 Å². The van der Waals surface area contributed by atoms with Crippen molar-refractivity contribution >= 4 is 17.6 Å². The number of carbonyl (C=O) groups excluding carboxylic acids is 2. The highest BCUT2D eigenvalue weighted by atomic mass is 16.6. The Morgan fingerprint density at radius 1 is 1.10 bits per heavy atom. The van der Waals surface area contributed by atoms with Crippen LogP contribution in [0.5, 0.6) is 5.75 Å². The lowest BCUT2D eigenvalue weighted by molar-refractivity contribution is -0.140. The fourth-order valence-corrected chi connectivity index (χ4v) is 3.21. The molecule has 162 valence electrons. The molecule has 0 saturated carbocycles. The number of hydrogen-bond donors (Lipinski definition) is 0. The molecule has 31 heavy (non-hydrogen) atoms. The van der Waals surface area contributed by atoms with Crippen molar-refractivity contribution in [3.63, 3.8) is 0 Å². The van der Waals surface area contributed by atoms with Gasteiger partial charge in [0.2, 0.25) is 0 Å². The van der Waals surface area contributed by atoms with Crippen LogP contribution in [0.3, 0.4) is 0 Å². The Morgan fingerprint density at radius 2 is 1.81 bits per heavy atom. The Hall–Kier alpha value is -3.57. The van der Waals surface area contributed by atoms with Gasteiger partial charge in [0.25, 0.3) is 0 Å². The first-order chi connectivity index (χ1) is 15.0. The Bertz CT molecular complexity index is 967. The summed E-state index contributed by atoms with van der Waals surface area (Å²) in [6.07, 6.45) is -0.00349. The van der Waals surface area contributed by atoms with Gasteiger partial charge in [-0.2, -0.15) is 5.26 Å². The molecule has 0 spiro atoms. The fraction of sp³-hybridized carbons (Fsp3) is 0.348. The lowest BCUT2D eigenvalue weighted by atomic mass is 10.1. The molecule has 2 aromatic rings. The second-order valence-electron chi connectivity index (χ2n) is 7.06. The predicted molar refractivity (Wildman–Crippen MR) is 112 cm³/mol. The van der Waals surface area contributed by atoms with E-state index in [-0.39, 0.29) is 37.5 Å². The second kappa shape index (κ2) is 10.5. The van der Waals surface area contributed by atoms with Gasteiger partial charge >= 0.3 is 11.9 Å². The average molecular weight is 424 g/mol. The maximum absolute atomic E-state index is 11.7. The molecule has 1 unspecified atom stereocenters. The van der Waals surface area contributed by atoms with Gasteiger partial charge in [-0.05, 0) is 35.9 Å². The van der Waals surface area contributed by atoms with Crippen LogP contribution in [0.1, 0.15) is 16.7 Å². The minimum absolute atomic E-state index is 0.0627. The molecule has 1 atom stereocenters. The van der Waals surface area contributed by atoms with Crippen LogP contribution in [0.25, 0.3) is 0 Å². The third kappa shape index (κ3) is 5.96. The van der Waals surface area contributed by atoms with E-state index in [2.05, 4.69) is 11.0 Å². The zero-order valence-electron chi connectivity index (χ0n) is 17.5. The van der Waals surface area contributed by atoms with Crippen LogP contribution in [0.4, 0.5) is 5.69 Å².